The number of nitrogens with zero attached hydrogens (tertiary/aromatic N) is 1. The molecule has 0 aliphatic rings. The molecule has 1 amide bonds. The number of hydrogen-bond donors (Lipinski definition) is 1. The van der Waals surface area contributed by atoms with Crippen LogP contribution in [0.2, 0.25) is 5.02 Å². The number of rotatable bonds is 7. The third-order valence-corrected chi connectivity index (χ3v) is 3.03. The molecule has 110 valence electrons. The lowest BCUT2D eigenvalue weighted by Gasteiger charge is -2.22. The number of esters is 1. The number of methoxy groups -OCH3 is 1. The van der Waals surface area contributed by atoms with E-state index in [-0.39, 0.29) is 31.4 Å². The van der Waals surface area contributed by atoms with Gasteiger partial charge in [-0.15, -0.1) is 0 Å². The van der Waals surface area contributed by atoms with Crippen molar-refractivity contribution in [3.8, 4) is 0 Å². The lowest BCUT2D eigenvalue weighted by atomic mass is 10.2. The van der Waals surface area contributed by atoms with Crippen molar-refractivity contribution in [2.75, 3.05) is 26.8 Å². The van der Waals surface area contributed by atoms with Crippen LogP contribution in [0.4, 0.5) is 0 Å². The minimum absolute atomic E-state index is 0.0113. The molecule has 0 aliphatic heterocycles. The van der Waals surface area contributed by atoms with Crippen LogP contribution in [0.15, 0.2) is 24.3 Å². The fraction of sp³-hybridized carbons (Fsp3) is 0.429. The molecular weight excluding hydrogens is 282 g/mol. The first-order valence-electron chi connectivity index (χ1n) is 6.31. The summed E-state index contributed by atoms with van der Waals surface area (Å²) in [5, 5.41) is 9.43. The Morgan fingerprint density at radius 2 is 1.90 bits per heavy atom. The van der Waals surface area contributed by atoms with Crippen LogP contribution in [0.5, 0.6) is 0 Å². The highest BCUT2D eigenvalue weighted by molar-refractivity contribution is 6.30. The van der Waals surface area contributed by atoms with Crippen molar-refractivity contribution in [1.29, 1.82) is 0 Å². The monoisotopic (exact) mass is 299 g/mol. The molecule has 0 fully saturated rings. The Kier molecular flexibility index (Phi) is 7.04. The molecule has 1 aromatic carbocycles. The maximum absolute atomic E-state index is 12.3. The van der Waals surface area contributed by atoms with Crippen molar-refractivity contribution < 1.29 is 19.4 Å². The van der Waals surface area contributed by atoms with E-state index in [1.54, 1.807) is 24.3 Å². The molecule has 1 aromatic rings. The largest absolute Gasteiger partial charge is 0.469 e. The first kappa shape index (κ1) is 16.5. The summed E-state index contributed by atoms with van der Waals surface area (Å²) in [4.78, 5) is 25.0. The number of amides is 1. The third kappa shape index (κ3) is 5.19. The molecule has 6 heteroatoms. The van der Waals surface area contributed by atoms with Crippen LogP contribution >= 0.6 is 11.6 Å². The zero-order chi connectivity index (χ0) is 15.0. The minimum atomic E-state index is -0.372. The molecule has 1 rings (SSSR count). The molecule has 0 aromatic heterocycles. The maximum atomic E-state index is 12.3. The maximum Gasteiger partial charge on any atom is 0.307 e. The van der Waals surface area contributed by atoms with Gasteiger partial charge < -0.3 is 14.7 Å². The zero-order valence-corrected chi connectivity index (χ0v) is 12.1. The number of carbonyl (C=O) groups excluding carboxylic acids is 2. The number of benzene rings is 1. The summed E-state index contributed by atoms with van der Waals surface area (Å²) >= 11 is 5.78. The van der Waals surface area contributed by atoms with Crippen molar-refractivity contribution in [2.45, 2.75) is 12.8 Å². The number of aliphatic hydroxyl groups is 1. The molecule has 0 atom stereocenters. The highest BCUT2D eigenvalue weighted by Gasteiger charge is 2.16. The van der Waals surface area contributed by atoms with Gasteiger partial charge in [-0.1, -0.05) is 11.6 Å². The Morgan fingerprint density at radius 3 is 2.45 bits per heavy atom. The van der Waals surface area contributed by atoms with E-state index in [0.29, 0.717) is 23.6 Å². The number of hydrogen-bond acceptors (Lipinski definition) is 4. The van der Waals surface area contributed by atoms with Crippen molar-refractivity contribution in [3.05, 3.63) is 34.9 Å². The molecular formula is C14H18ClNO4. The van der Waals surface area contributed by atoms with Crippen LogP contribution in [0.25, 0.3) is 0 Å². The second-order valence-electron chi connectivity index (χ2n) is 4.20. The van der Waals surface area contributed by atoms with Crippen LogP contribution in [-0.4, -0.2) is 48.7 Å². The summed E-state index contributed by atoms with van der Waals surface area (Å²) in [6, 6.07) is 6.54. The number of halogens is 1. The van der Waals surface area contributed by atoms with Gasteiger partial charge in [0.2, 0.25) is 0 Å². The van der Waals surface area contributed by atoms with Gasteiger partial charge in [-0.25, -0.2) is 0 Å². The summed E-state index contributed by atoms with van der Waals surface area (Å²) in [5.41, 5.74) is 0.497. The van der Waals surface area contributed by atoms with Gasteiger partial charge in [-0.3, -0.25) is 9.59 Å². The van der Waals surface area contributed by atoms with Crippen molar-refractivity contribution >= 4 is 23.5 Å². The average molecular weight is 300 g/mol. The van der Waals surface area contributed by atoms with E-state index < -0.39 is 0 Å². The smallest absolute Gasteiger partial charge is 0.307 e. The Bertz CT molecular complexity index is 447. The van der Waals surface area contributed by atoms with Crippen molar-refractivity contribution in [1.82, 2.24) is 4.90 Å². The molecule has 5 nitrogen and oxygen atoms in total. The highest BCUT2D eigenvalue weighted by Crippen LogP contribution is 2.12. The van der Waals surface area contributed by atoms with E-state index in [4.69, 9.17) is 16.7 Å². The Balaban J connectivity index is 2.72. The quantitative estimate of drug-likeness (QED) is 0.779. The second kappa shape index (κ2) is 8.55. The van der Waals surface area contributed by atoms with E-state index in [0.717, 1.165) is 0 Å². The molecule has 1 N–H and O–H groups in total. The number of carbonyl (C=O) groups is 2. The molecule has 0 saturated heterocycles. The Morgan fingerprint density at radius 1 is 1.25 bits per heavy atom. The SMILES string of the molecule is COC(=O)CCN(CCCO)C(=O)c1ccc(Cl)cc1. The average Bonchev–Trinajstić information content (AvgIpc) is 2.47. The lowest BCUT2D eigenvalue weighted by molar-refractivity contribution is -0.140. The highest BCUT2D eigenvalue weighted by atomic mass is 35.5. The summed E-state index contributed by atoms with van der Waals surface area (Å²) < 4.78 is 4.56. The number of ether oxygens (including phenoxy) is 1. The summed E-state index contributed by atoms with van der Waals surface area (Å²) in [7, 11) is 1.31. The van der Waals surface area contributed by atoms with E-state index >= 15 is 0 Å². The van der Waals surface area contributed by atoms with Crippen LogP contribution < -0.4 is 0 Å². The van der Waals surface area contributed by atoms with E-state index in [2.05, 4.69) is 4.74 Å². The molecule has 20 heavy (non-hydrogen) atoms. The zero-order valence-electron chi connectivity index (χ0n) is 11.3. The molecule has 0 spiro atoms. The second-order valence-corrected chi connectivity index (χ2v) is 4.64. The molecule has 0 unspecified atom stereocenters. The molecule has 0 heterocycles. The summed E-state index contributed by atoms with van der Waals surface area (Å²) in [6.07, 6.45) is 0.585. The molecule has 0 radical (unpaired) electrons. The Hall–Kier alpha value is -1.59. The number of aliphatic hydroxyl groups excluding tert-OH is 1. The van der Waals surface area contributed by atoms with Gasteiger partial charge in [0.25, 0.3) is 5.91 Å². The van der Waals surface area contributed by atoms with Crippen LogP contribution in [-0.2, 0) is 9.53 Å². The van der Waals surface area contributed by atoms with E-state index in [9.17, 15) is 9.59 Å². The molecule has 0 aliphatic carbocycles. The van der Waals surface area contributed by atoms with Crippen molar-refractivity contribution in [2.24, 2.45) is 0 Å². The van der Waals surface area contributed by atoms with Gasteiger partial charge in [0.1, 0.15) is 0 Å². The van der Waals surface area contributed by atoms with Crippen LogP contribution in [0, 0.1) is 0 Å². The van der Waals surface area contributed by atoms with Gasteiger partial charge in [0.15, 0.2) is 0 Å². The van der Waals surface area contributed by atoms with Crippen LogP contribution in [0.3, 0.4) is 0 Å². The van der Waals surface area contributed by atoms with E-state index in [1.807, 2.05) is 0 Å². The fourth-order valence-electron chi connectivity index (χ4n) is 1.68. The van der Waals surface area contributed by atoms with Gasteiger partial charge in [0.05, 0.1) is 13.5 Å². The normalized spacial score (nSPS) is 10.2. The van der Waals surface area contributed by atoms with Gasteiger partial charge >= 0.3 is 5.97 Å². The molecule has 0 saturated carbocycles. The van der Waals surface area contributed by atoms with Gasteiger partial charge in [-0.05, 0) is 30.7 Å². The lowest BCUT2D eigenvalue weighted by Crippen LogP contribution is -2.34. The fourth-order valence-corrected chi connectivity index (χ4v) is 1.81. The third-order valence-electron chi connectivity index (χ3n) is 2.78. The van der Waals surface area contributed by atoms with Crippen LogP contribution in [0.1, 0.15) is 23.2 Å². The standard InChI is InChI=1S/C14H18ClNO4/c1-20-13(18)7-9-16(8-2-10-17)14(19)11-3-5-12(15)6-4-11/h3-6,17H,2,7-10H2,1H3. The first-order valence-corrected chi connectivity index (χ1v) is 6.68. The predicted octanol–water partition coefficient (Wildman–Crippen LogP) is 1.73. The van der Waals surface area contributed by atoms with Gasteiger partial charge in [-0.2, -0.15) is 0 Å². The minimum Gasteiger partial charge on any atom is -0.469 e. The Labute approximate surface area is 123 Å². The first-order chi connectivity index (χ1) is 9.58. The summed E-state index contributed by atoms with van der Waals surface area (Å²) in [6.45, 7) is 0.631. The van der Waals surface area contributed by atoms with Gasteiger partial charge in [0, 0.05) is 30.3 Å². The topological polar surface area (TPSA) is 66.8 Å². The molecule has 0 bridgehead atoms. The van der Waals surface area contributed by atoms with E-state index in [1.165, 1.54) is 12.0 Å². The predicted molar refractivity (Wildman–Crippen MR) is 75.7 cm³/mol. The summed E-state index contributed by atoms with van der Waals surface area (Å²) in [5.74, 6) is -0.568. The van der Waals surface area contributed by atoms with Crippen molar-refractivity contribution in [3.63, 3.8) is 0 Å².